The molecule has 0 aliphatic rings. The third kappa shape index (κ3) is 3.99. The third-order valence-corrected chi connectivity index (χ3v) is 4.44. The molecule has 2 aromatic carbocycles. The monoisotopic (exact) mass is 368 g/mol. The molecule has 0 saturated carbocycles. The summed E-state index contributed by atoms with van der Waals surface area (Å²) in [7, 11) is 0. The van der Waals surface area contributed by atoms with Crippen LogP contribution >= 0.6 is 0 Å². The smallest absolute Gasteiger partial charge is 0.259 e. The quantitative estimate of drug-likeness (QED) is 0.562. The Morgan fingerprint density at radius 1 is 1.00 bits per heavy atom. The largest absolute Gasteiger partial charge is 0.322 e. The molecule has 1 N–H and O–H groups in total. The van der Waals surface area contributed by atoms with Crippen molar-refractivity contribution >= 4 is 11.6 Å². The van der Waals surface area contributed by atoms with Crippen LogP contribution in [-0.4, -0.2) is 20.7 Å². The summed E-state index contributed by atoms with van der Waals surface area (Å²) in [5.74, 6) is -0.193. The number of hydrogen-bond acceptors (Lipinski definition) is 3. The highest BCUT2D eigenvalue weighted by molar-refractivity contribution is 6.08. The minimum Gasteiger partial charge on any atom is -0.322 e. The zero-order valence-corrected chi connectivity index (χ0v) is 15.5. The Kier molecular flexibility index (Phi) is 4.97. The maximum atomic E-state index is 13.0. The fraction of sp³-hybridized carbons (Fsp3) is 0.0870. The highest BCUT2D eigenvalue weighted by atomic mass is 16.1. The summed E-state index contributed by atoms with van der Waals surface area (Å²) in [5.41, 5.74) is 4.96. The van der Waals surface area contributed by atoms with Crippen molar-refractivity contribution in [2.75, 3.05) is 5.32 Å². The predicted molar refractivity (Wildman–Crippen MR) is 110 cm³/mol. The van der Waals surface area contributed by atoms with Crippen LogP contribution in [0.1, 0.15) is 21.5 Å². The van der Waals surface area contributed by atoms with Crippen molar-refractivity contribution in [3.05, 3.63) is 102 Å². The van der Waals surface area contributed by atoms with E-state index in [0.717, 1.165) is 22.4 Å². The van der Waals surface area contributed by atoms with Crippen molar-refractivity contribution in [1.29, 1.82) is 0 Å². The van der Waals surface area contributed by atoms with Crippen LogP contribution in [-0.2, 0) is 6.54 Å². The molecule has 138 valence electrons. The summed E-state index contributed by atoms with van der Waals surface area (Å²) in [6, 6.07) is 21.5. The van der Waals surface area contributed by atoms with Gasteiger partial charge in [0.1, 0.15) is 5.69 Å². The van der Waals surface area contributed by atoms with E-state index in [-0.39, 0.29) is 5.91 Å². The van der Waals surface area contributed by atoms with Crippen LogP contribution in [0.3, 0.4) is 0 Å². The van der Waals surface area contributed by atoms with Crippen molar-refractivity contribution in [3.63, 3.8) is 0 Å². The number of carbonyl (C=O) groups is 1. The number of nitrogens with one attached hydrogen (secondary N) is 1. The van der Waals surface area contributed by atoms with E-state index in [9.17, 15) is 4.79 Å². The second-order valence-corrected chi connectivity index (χ2v) is 6.64. The van der Waals surface area contributed by atoms with Gasteiger partial charge in [-0.3, -0.25) is 14.5 Å². The Morgan fingerprint density at radius 2 is 1.79 bits per heavy atom. The fourth-order valence-corrected chi connectivity index (χ4v) is 2.99. The summed E-state index contributed by atoms with van der Waals surface area (Å²) in [4.78, 5) is 17.1. The van der Waals surface area contributed by atoms with Crippen LogP contribution in [0, 0.1) is 6.92 Å². The maximum absolute atomic E-state index is 13.0. The highest BCUT2D eigenvalue weighted by Crippen LogP contribution is 2.23. The van der Waals surface area contributed by atoms with Gasteiger partial charge in [0.25, 0.3) is 5.91 Å². The van der Waals surface area contributed by atoms with Crippen molar-refractivity contribution in [2.45, 2.75) is 13.5 Å². The Labute approximate surface area is 163 Å². The average molecular weight is 368 g/mol. The van der Waals surface area contributed by atoms with E-state index in [1.54, 1.807) is 23.3 Å². The molecule has 0 atom stereocenters. The number of carbonyl (C=O) groups excluding carboxylic acids is 1. The lowest BCUT2D eigenvalue weighted by Crippen LogP contribution is -2.12. The first kappa shape index (κ1) is 17.7. The molecule has 0 fully saturated rings. The first-order chi connectivity index (χ1) is 13.7. The fourth-order valence-electron chi connectivity index (χ4n) is 2.99. The number of pyridine rings is 1. The summed E-state index contributed by atoms with van der Waals surface area (Å²) in [6.07, 6.45) is 5.22. The normalized spacial score (nSPS) is 10.6. The maximum Gasteiger partial charge on any atom is 0.259 e. The molecular weight excluding hydrogens is 348 g/mol. The molecule has 4 aromatic rings. The molecular formula is C23H20N4O. The average Bonchev–Trinajstić information content (AvgIpc) is 3.15. The van der Waals surface area contributed by atoms with Gasteiger partial charge in [-0.2, -0.15) is 5.10 Å². The summed E-state index contributed by atoms with van der Waals surface area (Å²) >= 11 is 0. The molecule has 4 rings (SSSR count). The molecule has 0 saturated heterocycles. The molecule has 0 unspecified atom stereocenters. The predicted octanol–water partition coefficient (Wildman–Crippen LogP) is 4.55. The van der Waals surface area contributed by atoms with Crippen LogP contribution in [0.25, 0.3) is 11.3 Å². The Hall–Kier alpha value is -3.73. The number of nitrogens with zero attached hydrogens (tertiary/aromatic N) is 3. The Balaban J connectivity index is 1.67. The second kappa shape index (κ2) is 7.88. The van der Waals surface area contributed by atoms with Gasteiger partial charge in [0.05, 0.1) is 12.1 Å². The Morgan fingerprint density at radius 3 is 2.50 bits per heavy atom. The van der Waals surface area contributed by atoms with Gasteiger partial charge in [-0.1, -0.05) is 48.0 Å². The second-order valence-electron chi connectivity index (χ2n) is 6.64. The van der Waals surface area contributed by atoms with E-state index in [1.165, 1.54) is 0 Å². The molecule has 0 spiro atoms. The van der Waals surface area contributed by atoms with Gasteiger partial charge < -0.3 is 5.32 Å². The lowest BCUT2D eigenvalue weighted by atomic mass is 10.1. The topological polar surface area (TPSA) is 59.8 Å². The number of anilines is 1. The van der Waals surface area contributed by atoms with Crippen LogP contribution in [0.15, 0.2) is 85.3 Å². The molecule has 5 nitrogen and oxygen atoms in total. The van der Waals surface area contributed by atoms with E-state index in [4.69, 9.17) is 0 Å². The van der Waals surface area contributed by atoms with Crippen molar-refractivity contribution in [2.24, 2.45) is 0 Å². The summed E-state index contributed by atoms with van der Waals surface area (Å²) in [5, 5.41) is 7.63. The minimum atomic E-state index is -0.193. The van der Waals surface area contributed by atoms with Gasteiger partial charge in [0.15, 0.2) is 0 Å². The SMILES string of the molecule is Cc1ccc(NC(=O)c2cn(Cc3ccccc3)nc2-c2cccnc2)cc1. The third-order valence-electron chi connectivity index (χ3n) is 4.44. The molecule has 28 heavy (non-hydrogen) atoms. The number of benzene rings is 2. The molecule has 2 aromatic heterocycles. The van der Waals surface area contributed by atoms with Crippen LogP contribution < -0.4 is 5.32 Å². The van der Waals surface area contributed by atoms with Gasteiger partial charge in [0.2, 0.25) is 0 Å². The van der Waals surface area contributed by atoms with Gasteiger partial charge in [0, 0.05) is 29.8 Å². The number of amides is 1. The Bertz CT molecular complexity index is 1070. The zero-order valence-electron chi connectivity index (χ0n) is 15.5. The van der Waals surface area contributed by atoms with Crippen LogP contribution in [0.5, 0.6) is 0 Å². The van der Waals surface area contributed by atoms with Crippen molar-refractivity contribution < 1.29 is 4.79 Å². The van der Waals surface area contributed by atoms with Crippen molar-refractivity contribution in [1.82, 2.24) is 14.8 Å². The molecule has 0 radical (unpaired) electrons. The lowest BCUT2D eigenvalue weighted by molar-refractivity contribution is 0.102. The lowest BCUT2D eigenvalue weighted by Gasteiger charge is -2.05. The summed E-state index contributed by atoms with van der Waals surface area (Å²) in [6.45, 7) is 2.60. The van der Waals surface area contributed by atoms with E-state index in [0.29, 0.717) is 17.8 Å². The van der Waals surface area contributed by atoms with Crippen LogP contribution in [0.4, 0.5) is 5.69 Å². The van der Waals surface area contributed by atoms with Crippen molar-refractivity contribution in [3.8, 4) is 11.3 Å². The van der Waals surface area contributed by atoms with E-state index in [1.807, 2.05) is 73.7 Å². The molecule has 5 heteroatoms. The van der Waals surface area contributed by atoms with E-state index in [2.05, 4.69) is 15.4 Å². The van der Waals surface area contributed by atoms with Gasteiger partial charge in [-0.05, 0) is 36.8 Å². The highest BCUT2D eigenvalue weighted by Gasteiger charge is 2.18. The first-order valence-electron chi connectivity index (χ1n) is 9.09. The van der Waals surface area contributed by atoms with Gasteiger partial charge in [-0.25, -0.2) is 0 Å². The number of rotatable bonds is 5. The van der Waals surface area contributed by atoms with E-state index < -0.39 is 0 Å². The number of aryl methyl sites for hydroxylation is 1. The summed E-state index contributed by atoms with van der Waals surface area (Å²) < 4.78 is 1.79. The first-order valence-corrected chi connectivity index (χ1v) is 9.09. The molecule has 1 amide bonds. The molecule has 0 aliphatic carbocycles. The molecule has 0 aliphatic heterocycles. The van der Waals surface area contributed by atoms with Gasteiger partial charge in [-0.15, -0.1) is 0 Å². The zero-order chi connectivity index (χ0) is 19.3. The van der Waals surface area contributed by atoms with Gasteiger partial charge >= 0.3 is 0 Å². The molecule has 2 heterocycles. The molecule has 0 bridgehead atoms. The number of hydrogen-bond donors (Lipinski definition) is 1. The van der Waals surface area contributed by atoms with E-state index >= 15 is 0 Å². The standard InChI is InChI=1S/C23H20N4O/c1-17-9-11-20(12-10-17)25-23(28)21-16-27(15-18-6-3-2-4-7-18)26-22(21)19-8-5-13-24-14-19/h2-14,16H,15H2,1H3,(H,25,28). The number of aromatic nitrogens is 3. The minimum absolute atomic E-state index is 0.193. The van der Waals surface area contributed by atoms with Crippen LogP contribution in [0.2, 0.25) is 0 Å².